The van der Waals surface area contributed by atoms with E-state index in [2.05, 4.69) is 20.2 Å². The van der Waals surface area contributed by atoms with Crippen LogP contribution in [0, 0.1) is 20.8 Å². The largest absolute Gasteiger partial charge is 0.495 e. The van der Waals surface area contributed by atoms with Crippen molar-refractivity contribution >= 4 is 27.3 Å². The van der Waals surface area contributed by atoms with Crippen molar-refractivity contribution < 1.29 is 13.2 Å². The second-order valence-electron chi connectivity index (χ2n) is 6.46. The molecule has 0 saturated heterocycles. The van der Waals surface area contributed by atoms with Gasteiger partial charge in [0.1, 0.15) is 5.75 Å². The Morgan fingerprint density at radius 3 is 2.11 bits per heavy atom. The number of aromatic nitrogens is 2. The van der Waals surface area contributed by atoms with Crippen molar-refractivity contribution in [2.45, 2.75) is 25.7 Å². The molecule has 0 amide bonds. The van der Waals surface area contributed by atoms with E-state index < -0.39 is 10.0 Å². The number of methoxy groups -OCH3 is 1. The zero-order valence-electron chi connectivity index (χ0n) is 16.1. The smallest absolute Gasteiger partial charge is 0.263 e. The average Bonchev–Trinajstić information content (AvgIpc) is 2.62. The summed E-state index contributed by atoms with van der Waals surface area (Å²) in [6.45, 7) is 5.49. The lowest BCUT2D eigenvalue weighted by Crippen LogP contribution is -2.17. The van der Waals surface area contributed by atoms with Gasteiger partial charge in [-0.25, -0.2) is 8.42 Å². The van der Waals surface area contributed by atoms with Crippen molar-refractivity contribution in [2.75, 3.05) is 17.1 Å². The molecular formula is C20H22N4O3S. The summed E-state index contributed by atoms with van der Waals surface area (Å²) >= 11 is 0. The van der Waals surface area contributed by atoms with E-state index in [0.29, 0.717) is 22.7 Å². The molecule has 0 spiro atoms. The van der Waals surface area contributed by atoms with Gasteiger partial charge >= 0.3 is 0 Å². The number of nitrogens with one attached hydrogen (secondary N) is 2. The van der Waals surface area contributed by atoms with Crippen molar-refractivity contribution in [3.05, 3.63) is 65.2 Å². The second-order valence-corrected chi connectivity index (χ2v) is 8.08. The van der Waals surface area contributed by atoms with Gasteiger partial charge in [-0.05, 0) is 56.2 Å². The lowest BCUT2D eigenvalue weighted by atomic mass is 10.1. The molecule has 28 heavy (non-hydrogen) atoms. The molecule has 0 aliphatic heterocycles. The summed E-state index contributed by atoms with van der Waals surface area (Å²) in [5.74, 6) is 1.28. The maximum Gasteiger partial charge on any atom is 0.263 e. The molecule has 7 nitrogen and oxygen atoms in total. The Kier molecular flexibility index (Phi) is 5.51. The molecule has 0 bridgehead atoms. The third-order valence-corrected chi connectivity index (χ3v) is 5.81. The van der Waals surface area contributed by atoms with Crippen LogP contribution in [0.15, 0.2) is 53.4 Å². The molecule has 0 radical (unpaired) electrons. The first kappa shape index (κ1) is 19.6. The Morgan fingerprint density at radius 1 is 0.893 bits per heavy atom. The fourth-order valence-corrected chi connectivity index (χ4v) is 4.57. The number of benzene rings is 2. The van der Waals surface area contributed by atoms with Gasteiger partial charge in [0.05, 0.1) is 17.7 Å². The van der Waals surface area contributed by atoms with Gasteiger partial charge in [-0.2, -0.15) is 0 Å². The van der Waals surface area contributed by atoms with Gasteiger partial charge < -0.3 is 10.1 Å². The summed E-state index contributed by atoms with van der Waals surface area (Å²) in [5, 5.41) is 11.1. The summed E-state index contributed by atoms with van der Waals surface area (Å²) in [4.78, 5) is 0.260. The zero-order chi connectivity index (χ0) is 20.3. The first-order valence-corrected chi connectivity index (χ1v) is 10.1. The number of anilines is 3. The number of para-hydroxylation sites is 2. The van der Waals surface area contributed by atoms with Gasteiger partial charge in [0.2, 0.25) is 0 Å². The van der Waals surface area contributed by atoms with Crippen molar-refractivity contribution in [1.29, 1.82) is 0 Å². The Hall–Kier alpha value is -3.13. The number of hydrogen-bond acceptors (Lipinski definition) is 6. The monoisotopic (exact) mass is 398 g/mol. The lowest BCUT2D eigenvalue weighted by Gasteiger charge is -2.13. The van der Waals surface area contributed by atoms with E-state index >= 15 is 0 Å². The highest BCUT2D eigenvalue weighted by molar-refractivity contribution is 7.92. The van der Waals surface area contributed by atoms with E-state index in [9.17, 15) is 8.42 Å². The van der Waals surface area contributed by atoms with Gasteiger partial charge in [-0.3, -0.25) is 4.72 Å². The predicted molar refractivity (Wildman–Crippen MR) is 110 cm³/mol. The fourth-order valence-electron chi connectivity index (χ4n) is 3.12. The quantitative estimate of drug-likeness (QED) is 0.653. The number of ether oxygens (including phenoxy) is 1. The first-order chi connectivity index (χ1) is 13.3. The van der Waals surface area contributed by atoms with E-state index in [4.69, 9.17) is 4.74 Å². The summed E-state index contributed by atoms with van der Waals surface area (Å²) in [7, 11) is -2.18. The van der Waals surface area contributed by atoms with Gasteiger partial charge in [0.15, 0.2) is 11.6 Å². The topological polar surface area (TPSA) is 93.2 Å². The number of hydrogen-bond donors (Lipinski definition) is 2. The number of rotatable bonds is 6. The molecule has 0 saturated carbocycles. The zero-order valence-corrected chi connectivity index (χ0v) is 17.0. The number of nitrogens with zero attached hydrogens (tertiary/aromatic N) is 2. The third-order valence-electron chi connectivity index (χ3n) is 4.15. The van der Waals surface area contributed by atoms with Gasteiger partial charge in [0, 0.05) is 0 Å². The van der Waals surface area contributed by atoms with Crippen LogP contribution in [0.4, 0.5) is 17.3 Å². The van der Waals surface area contributed by atoms with Crippen LogP contribution in [0.2, 0.25) is 0 Å². The highest BCUT2D eigenvalue weighted by Crippen LogP contribution is 2.27. The Labute approximate surface area is 164 Å². The molecule has 0 fully saturated rings. The Balaban J connectivity index is 1.81. The maximum atomic E-state index is 12.8. The normalized spacial score (nSPS) is 11.1. The van der Waals surface area contributed by atoms with Crippen molar-refractivity contribution in [3.8, 4) is 5.75 Å². The Morgan fingerprint density at radius 2 is 1.50 bits per heavy atom. The molecule has 3 rings (SSSR count). The van der Waals surface area contributed by atoms with Crippen LogP contribution in [-0.2, 0) is 10.0 Å². The van der Waals surface area contributed by atoms with Gasteiger partial charge in [0.25, 0.3) is 10.0 Å². The first-order valence-electron chi connectivity index (χ1n) is 8.64. The summed E-state index contributed by atoms with van der Waals surface area (Å²) in [5.41, 5.74) is 3.12. The standard InChI is InChI=1S/C20H22N4O3S/c1-13-11-14(2)20(15(3)12-13)28(25,26)24-19-10-9-18(22-23-19)21-16-7-5-6-8-17(16)27-4/h5-12H,1-4H3,(H,21,22)(H,23,24). The van der Waals surface area contributed by atoms with E-state index in [0.717, 1.165) is 11.3 Å². The minimum atomic E-state index is -3.77. The highest BCUT2D eigenvalue weighted by atomic mass is 32.2. The second kappa shape index (κ2) is 7.85. The van der Waals surface area contributed by atoms with Gasteiger partial charge in [-0.1, -0.05) is 29.8 Å². The molecule has 8 heteroatoms. The van der Waals surface area contributed by atoms with Crippen LogP contribution in [0.3, 0.4) is 0 Å². The van der Waals surface area contributed by atoms with Crippen LogP contribution in [0.5, 0.6) is 5.75 Å². The molecule has 146 valence electrons. The van der Waals surface area contributed by atoms with E-state index in [1.165, 1.54) is 0 Å². The molecule has 1 aromatic heterocycles. The molecular weight excluding hydrogens is 376 g/mol. The fraction of sp³-hybridized carbons (Fsp3) is 0.200. The number of aryl methyl sites for hydroxylation is 3. The molecule has 0 atom stereocenters. The van der Waals surface area contributed by atoms with Crippen molar-refractivity contribution in [3.63, 3.8) is 0 Å². The lowest BCUT2D eigenvalue weighted by molar-refractivity contribution is 0.417. The molecule has 2 N–H and O–H groups in total. The summed E-state index contributed by atoms with van der Waals surface area (Å²) in [6.07, 6.45) is 0. The maximum absolute atomic E-state index is 12.8. The van der Waals surface area contributed by atoms with E-state index in [1.54, 1.807) is 33.1 Å². The van der Waals surface area contributed by atoms with Crippen LogP contribution in [-0.4, -0.2) is 25.7 Å². The molecule has 0 unspecified atom stereocenters. The van der Waals surface area contributed by atoms with Crippen LogP contribution in [0.25, 0.3) is 0 Å². The summed E-state index contributed by atoms with van der Waals surface area (Å²) < 4.78 is 33.4. The van der Waals surface area contributed by atoms with Crippen molar-refractivity contribution in [1.82, 2.24) is 10.2 Å². The Bertz CT molecular complexity index is 1070. The van der Waals surface area contributed by atoms with Crippen LogP contribution < -0.4 is 14.8 Å². The molecule has 0 aliphatic rings. The van der Waals surface area contributed by atoms with E-state index in [-0.39, 0.29) is 10.7 Å². The highest BCUT2D eigenvalue weighted by Gasteiger charge is 2.20. The van der Waals surface area contributed by atoms with Gasteiger partial charge in [-0.15, -0.1) is 10.2 Å². The van der Waals surface area contributed by atoms with Crippen LogP contribution in [0.1, 0.15) is 16.7 Å². The molecule has 1 heterocycles. The third kappa shape index (κ3) is 4.23. The summed E-state index contributed by atoms with van der Waals surface area (Å²) in [6, 6.07) is 14.3. The molecule has 3 aromatic rings. The van der Waals surface area contributed by atoms with Crippen LogP contribution >= 0.6 is 0 Å². The van der Waals surface area contributed by atoms with Crippen molar-refractivity contribution in [2.24, 2.45) is 0 Å². The SMILES string of the molecule is COc1ccccc1Nc1ccc(NS(=O)(=O)c2c(C)cc(C)cc2C)nn1. The molecule has 2 aromatic carbocycles. The predicted octanol–water partition coefficient (Wildman–Crippen LogP) is 3.95. The minimum absolute atomic E-state index is 0.143. The van der Waals surface area contributed by atoms with E-state index in [1.807, 2.05) is 43.3 Å². The number of sulfonamides is 1. The molecule has 0 aliphatic carbocycles. The minimum Gasteiger partial charge on any atom is -0.495 e. The average molecular weight is 398 g/mol.